The zero-order valence-corrected chi connectivity index (χ0v) is 36.3. The van der Waals surface area contributed by atoms with Crippen LogP contribution in [0.4, 0.5) is 0 Å². The first kappa shape index (κ1) is 38.5. The Labute approximate surface area is 312 Å². The number of hydrogen-bond donors (Lipinski definition) is 0. The number of benzene rings is 2. The van der Waals surface area contributed by atoms with Crippen LogP contribution in [0.1, 0.15) is 142 Å². The predicted octanol–water partition coefficient (Wildman–Crippen LogP) is 12.6. The Bertz CT molecular complexity index is 1200. The molecule has 4 rings (SSSR count). The Hall–Kier alpha value is -0.326. The van der Waals surface area contributed by atoms with Crippen LogP contribution in [-0.4, -0.2) is 30.4 Å². The van der Waals surface area contributed by atoms with Crippen molar-refractivity contribution in [3.63, 3.8) is 0 Å². The lowest BCUT2D eigenvalue weighted by Gasteiger charge is -2.35. The molecule has 0 atom stereocenters. The Kier molecular flexibility index (Phi) is 15.6. The molecular weight excluding hydrogens is 822 g/mol. The fourth-order valence-corrected chi connectivity index (χ4v) is 23.4. The molecule has 0 fully saturated rings. The van der Waals surface area contributed by atoms with Gasteiger partial charge < -0.3 is 9.47 Å². The van der Waals surface area contributed by atoms with E-state index in [0.29, 0.717) is 0 Å². The molecule has 0 saturated heterocycles. The van der Waals surface area contributed by atoms with Gasteiger partial charge in [0.05, 0.1) is 21.4 Å². The molecule has 0 spiro atoms. The summed E-state index contributed by atoms with van der Waals surface area (Å²) in [7, 11) is -0.362. The maximum atomic E-state index is 6.12. The van der Waals surface area contributed by atoms with E-state index in [1.165, 1.54) is 134 Å². The molecule has 0 aliphatic carbocycles. The van der Waals surface area contributed by atoms with Crippen LogP contribution in [0.15, 0.2) is 24.3 Å². The Balaban J connectivity index is 2.03. The summed E-state index contributed by atoms with van der Waals surface area (Å²) >= 11 is 5.14. The van der Waals surface area contributed by atoms with E-state index < -0.39 is 16.1 Å². The quantitative estimate of drug-likeness (QED) is 0.0666. The molecule has 2 aliphatic rings. The van der Waals surface area contributed by atoms with Gasteiger partial charge in [-0.3, -0.25) is 0 Å². The molecule has 2 heterocycles. The predicted molar refractivity (Wildman–Crippen MR) is 225 cm³/mol. The van der Waals surface area contributed by atoms with Crippen molar-refractivity contribution < 1.29 is 9.47 Å². The summed E-state index contributed by atoms with van der Waals surface area (Å²) in [5, 5.41) is 7.29. The number of methoxy groups -OCH3 is 2. The lowest BCUT2D eigenvalue weighted by atomic mass is 10.1. The highest BCUT2D eigenvalue weighted by molar-refractivity contribution is 14.1. The molecule has 0 N–H and O–H groups in total. The van der Waals surface area contributed by atoms with Gasteiger partial charge in [-0.2, -0.15) is 0 Å². The van der Waals surface area contributed by atoms with Crippen molar-refractivity contribution in [3.8, 4) is 11.5 Å². The lowest BCUT2D eigenvalue weighted by molar-refractivity contribution is 0.412. The Morgan fingerprint density at radius 2 is 0.761 bits per heavy atom. The van der Waals surface area contributed by atoms with Gasteiger partial charge in [0, 0.05) is 0 Å². The first-order valence-electron chi connectivity index (χ1n) is 18.9. The Morgan fingerprint density at radius 1 is 0.457 bits per heavy atom. The van der Waals surface area contributed by atoms with Gasteiger partial charge in [-0.15, -0.1) is 0 Å². The van der Waals surface area contributed by atoms with Crippen LogP contribution in [0.2, 0.25) is 24.2 Å². The third kappa shape index (κ3) is 8.01. The Morgan fingerprint density at radius 3 is 1.02 bits per heavy atom. The first-order valence-corrected chi connectivity index (χ1v) is 25.9. The van der Waals surface area contributed by atoms with Crippen molar-refractivity contribution in [1.82, 2.24) is 0 Å². The fraction of sp³-hybridized carbons (Fsp3) is 0.650. The third-order valence-electron chi connectivity index (χ3n) is 11.2. The van der Waals surface area contributed by atoms with Crippen molar-refractivity contribution in [3.05, 3.63) is 42.5 Å². The second-order valence-electron chi connectivity index (χ2n) is 14.2. The number of fused-ring (bicyclic) bond motifs is 4. The maximum absolute atomic E-state index is 6.12. The standard InChI is InChI=1S/C40H62I2O2Si2/c1-7-11-15-19-23-45(24-20-16-12-8-2)37-29-35(43-5)33(41)27-31(37)40-39(45)32-28-34(42)36(44-6)30-38(32)46(40,25-21-17-13-9-3)26-22-18-14-10-4/h27-30H,7-26H2,1-6H3. The second kappa shape index (κ2) is 18.6. The van der Waals surface area contributed by atoms with Crippen molar-refractivity contribution in [2.75, 3.05) is 14.2 Å². The summed E-state index contributed by atoms with van der Waals surface area (Å²) in [6, 6.07) is 15.9. The number of halogens is 2. The summed E-state index contributed by atoms with van der Waals surface area (Å²) in [6.07, 6.45) is 21.5. The molecule has 256 valence electrons. The monoisotopic (exact) mass is 884 g/mol. The van der Waals surface area contributed by atoms with Gasteiger partial charge in [0.2, 0.25) is 0 Å². The van der Waals surface area contributed by atoms with Gasteiger partial charge >= 0.3 is 0 Å². The summed E-state index contributed by atoms with van der Waals surface area (Å²) < 4.78 is 14.8. The smallest absolute Gasteiger partial charge is 0.132 e. The van der Waals surface area contributed by atoms with E-state index in [0.717, 1.165) is 11.5 Å². The highest BCUT2D eigenvalue weighted by Gasteiger charge is 2.58. The van der Waals surface area contributed by atoms with Crippen molar-refractivity contribution in [2.45, 2.75) is 155 Å². The van der Waals surface area contributed by atoms with E-state index in [9.17, 15) is 0 Å². The van der Waals surface area contributed by atoms with E-state index in [4.69, 9.17) is 9.47 Å². The van der Waals surface area contributed by atoms with Crippen LogP contribution >= 0.6 is 45.2 Å². The summed E-state index contributed by atoms with van der Waals surface area (Å²) in [6.45, 7) is 9.43. The summed E-state index contributed by atoms with van der Waals surface area (Å²) in [5.41, 5.74) is 3.33. The molecule has 0 saturated carbocycles. The summed E-state index contributed by atoms with van der Waals surface area (Å²) in [4.78, 5) is 0. The molecule has 0 bridgehead atoms. The van der Waals surface area contributed by atoms with Crippen LogP contribution in [0.5, 0.6) is 11.5 Å². The number of ether oxygens (including phenoxy) is 2. The minimum atomic E-state index is -2.07. The van der Waals surface area contributed by atoms with Crippen LogP contribution in [-0.2, 0) is 0 Å². The average molecular weight is 885 g/mol. The molecule has 2 nitrogen and oxygen atoms in total. The molecule has 2 aliphatic heterocycles. The van der Waals surface area contributed by atoms with Crippen LogP contribution in [0, 0.1) is 7.14 Å². The van der Waals surface area contributed by atoms with E-state index in [1.807, 2.05) is 24.6 Å². The van der Waals surface area contributed by atoms with Crippen molar-refractivity contribution in [2.24, 2.45) is 0 Å². The minimum Gasteiger partial charge on any atom is -0.496 e. The van der Waals surface area contributed by atoms with E-state index >= 15 is 0 Å². The lowest BCUT2D eigenvalue weighted by Crippen LogP contribution is -2.51. The molecule has 0 aromatic heterocycles. The molecule has 0 amide bonds. The molecule has 46 heavy (non-hydrogen) atoms. The number of rotatable bonds is 22. The number of unbranched alkanes of at least 4 members (excludes halogenated alkanes) is 12. The molecule has 2 aromatic carbocycles. The van der Waals surface area contributed by atoms with Gasteiger partial charge in [0.15, 0.2) is 0 Å². The first-order chi connectivity index (χ1) is 22.4. The van der Waals surface area contributed by atoms with Crippen molar-refractivity contribution in [1.29, 1.82) is 0 Å². The zero-order chi connectivity index (χ0) is 33.2. The molecule has 2 aromatic rings. The van der Waals surface area contributed by atoms with Crippen LogP contribution in [0.3, 0.4) is 0 Å². The number of hydrogen-bond acceptors (Lipinski definition) is 2. The summed E-state index contributed by atoms with van der Waals surface area (Å²) in [5.74, 6) is 2.20. The average Bonchev–Trinajstić information content (AvgIpc) is 3.48. The molecule has 6 heteroatoms. The van der Waals surface area contributed by atoms with Gasteiger partial charge in [0.25, 0.3) is 0 Å². The normalized spacial score (nSPS) is 15.7. The second-order valence-corrected chi connectivity index (χ2v) is 25.0. The van der Waals surface area contributed by atoms with Gasteiger partial charge in [-0.25, -0.2) is 0 Å². The zero-order valence-electron chi connectivity index (χ0n) is 30.0. The van der Waals surface area contributed by atoms with Gasteiger partial charge in [0.1, 0.15) is 27.6 Å². The topological polar surface area (TPSA) is 18.5 Å². The molecular formula is C40H62I2O2Si2. The minimum absolute atomic E-state index is 1.10. The molecule has 0 unspecified atom stereocenters. The van der Waals surface area contributed by atoms with Crippen LogP contribution in [0.25, 0.3) is 10.4 Å². The highest BCUT2D eigenvalue weighted by Crippen LogP contribution is 2.56. The highest BCUT2D eigenvalue weighted by atomic mass is 127. The van der Waals surface area contributed by atoms with Gasteiger partial charge in [-0.05, 0) is 126 Å². The van der Waals surface area contributed by atoms with E-state index in [1.54, 1.807) is 21.5 Å². The SMILES string of the molecule is CCCCCC[Si]1(CCCCCC)C2=C(c3cc(I)c(OC)cc31)[Si](CCCCCC)(CCCCCC)c1cc(OC)c(I)cc12. The maximum Gasteiger partial charge on any atom is 0.132 e. The largest absolute Gasteiger partial charge is 0.496 e. The van der Waals surface area contributed by atoms with Gasteiger partial charge in [-0.1, -0.05) is 130 Å². The van der Waals surface area contributed by atoms with E-state index in [2.05, 4.69) is 97.1 Å². The van der Waals surface area contributed by atoms with E-state index in [-0.39, 0.29) is 0 Å². The third-order valence-corrected chi connectivity index (χ3v) is 23.8. The van der Waals surface area contributed by atoms with Crippen molar-refractivity contribution >= 4 is 82.1 Å². The van der Waals surface area contributed by atoms with Crippen LogP contribution < -0.4 is 19.8 Å². The molecule has 0 radical (unpaired) electrons. The fourth-order valence-electron chi connectivity index (χ4n) is 8.86.